The van der Waals surface area contributed by atoms with Crippen LogP contribution in [0.1, 0.15) is 19.4 Å². The molecule has 170 valence electrons. The van der Waals surface area contributed by atoms with Gasteiger partial charge in [-0.1, -0.05) is 12.1 Å². The third-order valence-corrected chi connectivity index (χ3v) is 5.56. The molecule has 0 spiro atoms. The average Bonchev–Trinajstić information content (AvgIpc) is 2.81. The Labute approximate surface area is 203 Å². The summed E-state index contributed by atoms with van der Waals surface area (Å²) in [5.74, 6) is 2.86. The second kappa shape index (κ2) is 12.6. The zero-order valence-electron chi connectivity index (χ0n) is 19.0. The lowest BCUT2D eigenvalue weighted by atomic mass is 10.2. The molecule has 0 bridgehead atoms. The predicted molar refractivity (Wildman–Crippen MR) is 140 cm³/mol. The standard InChI is InChI=1S/C23H34N6O.HI/c1-5-27(6-2)22-11-10-19(17-25-22)18-26-23(24-3)29-14-12-28(13-15-29)20-8-7-9-21(16-20)30-4;/h7-11,16-17H,5-6,12-15,18H2,1-4H3,(H,24,26);1H. The van der Waals surface area contributed by atoms with Crippen LogP contribution in [0.5, 0.6) is 5.75 Å². The minimum absolute atomic E-state index is 0. The third kappa shape index (κ3) is 6.62. The molecule has 7 nitrogen and oxygen atoms in total. The molecule has 2 aromatic rings. The summed E-state index contributed by atoms with van der Waals surface area (Å²) in [6, 6.07) is 12.5. The van der Waals surface area contributed by atoms with Gasteiger partial charge >= 0.3 is 0 Å². The Balaban J connectivity index is 0.00000341. The second-order valence-electron chi connectivity index (χ2n) is 7.27. The van der Waals surface area contributed by atoms with E-state index in [1.54, 1.807) is 7.11 Å². The number of aliphatic imine (C=N–C) groups is 1. The molecule has 1 aliphatic rings. The molecule has 1 N–H and O–H groups in total. The number of rotatable bonds is 7. The predicted octanol–water partition coefficient (Wildman–Crippen LogP) is 3.45. The van der Waals surface area contributed by atoms with Gasteiger partial charge in [0.05, 0.1) is 7.11 Å². The van der Waals surface area contributed by atoms with Gasteiger partial charge in [-0.25, -0.2) is 4.98 Å². The van der Waals surface area contributed by atoms with Gasteiger partial charge in [-0.2, -0.15) is 0 Å². The summed E-state index contributed by atoms with van der Waals surface area (Å²) in [5.41, 5.74) is 2.36. The van der Waals surface area contributed by atoms with Crippen LogP contribution in [0.15, 0.2) is 47.6 Å². The SMILES string of the molecule is CCN(CC)c1ccc(CNC(=NC)N2CCN(c3cccc(OC)c3)CC2)cn1.I. The fourth-order valence-electron chi connectivity index (χ4n) is 3.75. The Morgan fingerprint density at radius 3 is 2.45 bits per heavy atom. The highest BCUT2D eigenvalue weighted by molar-refractivity contribution is 14.0. The molecule has 0 unspecified atom stereocenters. The van der Waals surface area contributed by atoms with E-state index in [0.717, 1.165) is 62.4 Å². The number of benzene rings is 1. The summed E-state index contributed by atoms with van der Waals surface area (Å²) in [7, 11) is 3.55. The van der Waals surface area contributed by atoms with Crippen LogP contribution in [-0.4, -0.2) is 69.3 Å². The third-order valence-electron chi connectivity index (χ3n) is 5.56. The first-order valence-corrected chi connectivity index (χ1v) is 10.7. The van der Waals surface area contributed by atoms with Crippen molar-refractivity contribution in [3.63, 3.8) is 0 Å². The van der Waals surface area contributed by atoms with E-state index in [1.165, 1.54) is 5.69 Å². The molecule has 1 aromatic carbocycles. The van der Waals surface area contributed by atoms with E-state index >= 15 is 0 Å². The first-order valence-electron chi connectivity index (χ1n) is 10.7. The zero-order valence-corrected chi connectivity index (χ0v) is 21.4. The zero-order chi connectivity index (χ0) is 21.3. The summed E-state index contributed by atoms with van der Waals surface area (Å²) in [5, 5.41) is 3.49. The molecule has 0 radical (unpaired) electrons. The average molecular weight is 538 g/mol. The molecule has 0 atom stereocenters. The molecule has 1 saturated heterocycles. The normalized spacial score (nSPS) is 14.1. The fraction of sp³-hybridized carbons (Fsp3) is 0.478. The van der Waals surface area contributed by atoms with Gasteiger partial charge in [0.25, 0.3) is 0 Å². The number of aromatic nitrogens is 1. The van der Waals surface area contributed by atoms with Gasteiger partial charge in [0, 0.05) is 70.8 Å². The maximum Gasteiger partial charge on any atom is 0.194 e. The topological polar surface area (TPSA) is 56.2 Å². The van der Waals surface area contributed by atoms with Gasteiger partial charge in [-0.3, -0.25) is 4.99 Å². The van der Waals surface area contributed by atoms with Crippen LogP contribution in [0, 0.1) is 0 Å². The Morgan fingerprint density at radius 1 is 1.13 bits per heavy atom. The molecule has 0 amide bonds. The summed E-state index contributed by atoms with van der Waals surface area (Å²) in [6.45, 7) is 10.7. The van der Waals surface area contributed by atoms with E-state index in [4.69, 9.17) is 4.74 Å². The lowest BCUT2D eigenvalue weighted by Gasteiger charge is -2.37. The molecule has 31 heavy (non-hydrogen) atoms. The number of piperazine rings is 1. The van der Waals surface area contributed by atoms with Crippen LogP contribution >= 0.6 is 24.0 Å². The number of hydrogen-bond acceptors (Lipinski definition) is 5. The van der Waals surface area contributed by atoms with Gasteiger partial charge in [-0.15, -0.1) is 24.0 Å². The van der Waals surface area contributed by atoms with Crippen molar-refractivity contribution >= 4 is 41.4 Å². The Morgan fingerprint density at radius 2 is 1.87 bits per heavy atom. The molecule has 0 saturated carbocycles. The van der Waals surface area contributed by atoms with E-state index in [-0.39, 0.29) is 24.0 Å². The first kappa shape index (κ1) is 25.0. The molecule has 1 aromatic heterocycles. The Hall–Kier alpha value is -2.23. The van der Waals surface area contributed by atoms with Crippen molar-refractivity contribution in [2.75, 3.05) is 63.2 Å². The highest BCUT2D eigenvalue weighted by Gasteiger charge is 2.20. The molecule has 8 heteroatoms. The molecule has 1 aliphatic heterocycles. The van der Waals surface area contributed by atoms with E-state index in [2.05, 4.69) is 68.1 Å². The summed E-state index contributed by atoms with van der Waals surface area (Å²) in [4.78, 5) is 16.1. The number of ether oxygens (including phenoxy) is 1. The molecule has 3 rings (SSSR count). The minimum atomic E-state index is 0. The van der Waals surface area contributed by atoms with Crippen molar-refractivity contribution in [1.82, 2.24) is 15.2 Å². The van der Waals surface area contributed by atoms with Crippen molar-refractivity contribution in [3.8, 4) is 5.75 Å². The van der Waals surface area contributed by atoms with Crippen molar-refractivity contribution in [3.05, 3.63) is 48.2 Å². The lowest BCUT2D eigenvalue weighted by Crippen LogP contribution is -2.52. The summed E-state index contributed by atoms with van der Waals surface area (Å²) >= 11 is 0. The quantitative estimate of drug-likeness (QED) is 0.331. The number of hydrogen-bond donors (Lipinski definition) is 1. The smallest absolute Gasteiger partial charge is 0.194 e. The molecule has 0 aliphatic carbocycles. The van der Waals surface area contributed by atoms with Crippen LogP contribution in [0.25, 0.3) is 0 Å². The van der Waals surface area contributed by atoms with Gasteiger partial charge in [0.2, 0.25) is 0 Å². The first-order chi connectivity index (χ1) is 14.7. The van der Waals surface area contributed by atoms with E-state index in [9.17, 15) is 0 Å². The Kier molecular flexibility index (Phi) is 10.2. The fourth-order valence-corrected chi connectivity index (χ4v) is 3.75. The number of guanidine groups is 1. The van der Waals surface area contributed by atoms with Crippen LogP contribution in [0.4, 0.5) is 11.5 Å². The van der Waals surface area contributed by atoms with Crippen LogP contribution in [0.2, 0.25) is 0 Å². The van der Waals surface area contributed by atoms with Crippen molar-refractivity contribution in [2.45, 2.75) is 20.4 Å². The van der Waals surface area contributed by atoms with Crippen LogP contribution < -0.4 is 19.9 Å². The second-order valence-corrected chi connectivity index (χ2v) is 7.27. The van der Waals surface area contributed by atoms with Crippen LogP contribution in [0.3, 0.4) is 0 Å². The highest BCUT2D eigenvalue weighted by Crippen LogP contribution is 2.22. The van der Waals surface area contributed by atoms with E-state index in [0.29, 0.717) is 6.54 Å². The Bertz CT molecular complexity index is 817. The minimum Gasteiger partial charge on any atom is -0.497 e. The summed E-state index contributed by atoms with van der Waals surface area (Å²) < 4.78 is 5.36. The van der Waals surface area contributed by atoms with Gasteiger partial charge in [-0.05, 0) is 37.6 Å². The highest BCUT2D eigenvalue weighted by atomic mass is 127. The number of pyridine rings is 1. The van der Waals surface area contributed by atoms with Gasteiger partial charge in [0.1, 0.15) is 11.6 Å². The van der Waals surface area contributed by atoms with Gasteiger partial charge < -0.3 is 24.8 Å². The number of nitrogens with zero attached hydrogens (tertiary/aromatic N) is 5. The number of halogens is 1. The van der Waals surface area contributed by atoms with E-state index in [1.807, 2.05) is 25.4 Å². The number of anilines is 2. The summed E-state index contributed by atoms with van der Waals surface area (Å²) in [6.07, 6.45) is 1.95. The van der Waals surface area contributed by atoms with E-state index < -0.39 is 0 Å². The number of methoxy groups -OCH3 is 1. The molecule has 2 heterocycles. The maximum atomic E-state index is 5.36. The molecular formula is C23H35IN6O. The van der Waals surface area contributed by atoms with Crippen molar-refractivity contribution in [2.24, 2.45) is 4.99 Å². The van der Waals surface area contributed by atoms with Crippen molar-refractivity contribution < 1.29 is 4.74 Å². The molecule has 1 fully saturated rings. The monoisotopic (exact) mass is 538 g/mol. The number of nitrogens with one attached hydrogen (secondary N) is 1. The van der Waals surface area contributed by atoms with Crippen LogP contribution in [-0.2, 0) is 6.54 Å². The molecular weight excluding hydrogens is 503 g/mol. The largest absolute Gasteiger partial charge is 0.497 e. The van der Waals surface area contributed by atoms with Gasteiger partial charge in [0.15, 0.2) is 5.96 Å². The lowest BCUT2D eigenvalue weighted by molar-refractivity contribution is 0.372. The van der Waals surface area contributed by atoms with Crippen molar-refractivity contribution in [1.29, 1.82) is 0 Å². The maximum absolute atomic E-state index is 5.36.